The Morgan fingerprint density at radius 2 is 2.00 bits per heavy atom. The molecule has 1 spiro atoms. The first-order chi connectivity index (χ1) is 11.9. The van der Waals surface area contributed by atoms with E-state index < -0.39 is 9.84 Å². The molecule has 4 heterocycles. The van der Waals surface area contributed by atoms with Crippen molar-refractivity contribution in [1.82, 2.24) is 19.6 Å². The molecule has 0 saturated carbocycles. The van der Waals surface area contributed by atoms with Crippen molar-refractivity contribution in [1.29, 1.82) is 0 Å². The third-order valence-corrected chi connectivity index (χ3v) is 6.44. The molecule has 1 amide bonds. The molecule has 7 nitrogen and oxygen atoms in total. The topological polar surface area (TPSA) is 83.8 Å². The first-order valence-electron chi connectivity index (χ1n) is 8.57. The molecule has 0 radical (unpaired) electrons. The van der Waals surface area contributed by atoms with Crippen molar-refractivity contribution in [3.05, 3.63) is 30.1 Å². The van der Waals surface area contributed by atoms with Crippen LogP contribution < -0.4 is 5.32 Å². The molecular formula is C17H22N4O3S. The molecular weight excluding hydrogens is 340 g/mol. The average Bonchev–Trinajstić information content (AvgIpc) is 3.19. The normalized spacial score (nSPS) is 20.4. The van der Waals surface area contributed by atoms with E-state index in [2.05, 4.69) is 10.3 Å². The summed E-state index contributed by atoms with van der Waals surface area (Å²) in [4.78, 5) is 19.0. The number of carbonyl (C=O) groups is 1. The minimum atomic E-state index is -3.52. The summed E-state index contributed by atoms with van der Waals surface area (Å²) in [5.74, 6) is -0.181. The Labute approximate surface area is 147 Å². The van der Waals surface area contributed by atoms with Gasteiger partial charge in [-0.2, -0.15) is 0 Å². The van der Waals surface area contributed by atoms with Crippen molar-refractivity contribution in [3.8, 4) is 0 Å². The molecule has 0 aliphatic carbocycles. The van der Waals surface area contributed by atoms with E-state index in [0.717, 1.165) is 32.2 Å². The van der Waals surface area contributed by atoms with Gasteiger partial charge in [0.2, 0.25) is 15.0 Å². The summed E-state index contributed by atoms with van der Waals surface area (Å²) in [6.07, 6.45) is 5.87. The number of amides is 1. The maximum absolute atomic E-state index is 13.0. The van der Waals surface area contributed by atoms with E-state index in [0.29, 0.717) is 24.0 Å². The fraction of sp³-hybridized carbons (Fsp3) is 0.529. The monoisotopic (exact) mass is 362 g/mol. The molecule has 8 heteroatoms. The number of sulfone groups is 1. The summed E-state index contributed by atoms with van der Waals surface area (Å²) in [6.45, 7) is 3.47. The molecule has 0 aromatic carbocycles. The van der Waals surface area contributed by atoms with E-state index in [-0.39, 0.29) is 16.8 Å². The van der Waals surface area contributed by atoms with Gasteiger partial charge in [-0.25, -0.2) is 13.4 Å². The first-order valence-corrected chi connectivity index (χ1v) is 10.5. The first kappa shape index (κ1) is 16.5. The Bertz CT molecular complexity index is 919. The molecule has 2 aromatic rings. The van der Waals surface area contributed by atoms with Crippen LogP contribution >= 0.6 is 0 Å². The van der Waals surface area contributed by atoms with E-state index in [1.807, 2.05) is 4.90 Å². The second-order valence-electron chi connectivity index (χ2n) is 7.19. The highest BCUT2D eigenvalue weighted by molar-refractivity contribution is 7.90. The van der Waals surface area contributed by atoms with Crippen LogP contribution in [0.15, 0.2) is 29.6 Å². The number of nitrogens with one attached hydrogen (secondary N) is 1. The summed E-state index contributed by atoms with van der Waals surface area (Å²) in [6, 6.07) is 5.26. The highest BCUT2D eigenvalue weighted by Gasteiger charge is 2.39. The number of hydrogen-bond donors (Lipinski definition) is 1. The van der Waals surface area contributed by atoms with Crippen LogP contribution in [-0.2, 0) is 9.84 Å². The molecule has 2 aromatic heterocycles. The quantitative estimate of drug-likeness (QED) is 0.860. The second kappa shape index (κ2) is 5.81. The molecule has 4 rings (SSSR count). The number of fused-ring (bicyclic) bond motifs is 1. The molecule has 134 valence electrons. The SMILES string of the molecule is CS(=O)(=O)c1nc(C(=O)N2CCC3(CCNC3)CC2)c2ccccn12. The lowest BCUT2D eigenvalue weighted by molar-refractivity contribution is 0.0604. The number of aromatic nitrogens is 2. The van der Waals surface area contributed by atoms with Gasteiger partial charge in [0.25, 0.3) is 5.91 Å². The Morgan fingerprint density at radius 3 is 2.64 bits per heavy atom. The smallest absolute Gasteiger partial charge is 0.274 e. The van der Waals surface area contributed by atoms with Crippen molar-refractivity contribution < 1.29 is 13.2 Å². The van der Waals surface area contributed by atoms with Crippen LogP contribution in [0, 0.1) is 5.41 Å². The van der Waals surface area contributed by atoms with Crippen LogP contribution in [0.5, 0.6) is 0 Å². The highest BCUT2D eigenvalue weighted by atomic mass is 32.2. The van der Waals surface area contributed by atoms with E-state index in [1.165, 1.54) is 10.8 Å². The van der Waals surface area contributed by atoms with Gasteiger partial charge in [0.1, 0.15) is 0 Å². The van der Waals surface area contributed by atoms with Crippen molar-refractivity contribution >= 4 is 21.3 Å². The van der Waals surface area contributed by atoms with Gasteiger partial charge in [-0.05, 0) is 43.4 Å². The lowest BCUT2D eigenvalue weighted by Gasteiger charge is -2.38. The van der Waals surface area contributed by atoms with Crippen molar-refractivity contribution in [2.24, 2.45) is 5.41 Å². The van der Waals surface area contributed by atoms with Crippen molar-refractivity contribution in [3.63, 3.8) is 0 Å². The number of piperidine rings is 1. The number of hydrogen-bond acceptors (Lipinski definition) is 5. The van der Waals surface area contributed by atoms with Gasteiger partial charge in [0.05, 0.1) is 5.52 Å². The maximum atomic E-state index is 13.0. The highest BCUT2D eigenvalue weighted by Crippen LogP contribution is 2.37. The average molecular weight is 362 g/mol. The van der Waals surface area contributed by atoms with Gasteiger partial charge < -0.3 is 10.2 Å². The van der Waals surface area contributed by atoms with Gasteiger partial charge in [-0.15, -0.1) is 0 Å². The Morgan fingerprint density at radius 1 is 1.24 bits per heavy atom. The summed E-state index contributed by atoms with van der Waals surface area (Å²) >= 11 is 0. The Kier molecular flexibility index (Phi) is 3.84. The predicted molar refractivity (Wildman–Crippen MR) is 93.4 cm³/mol. The molecule has 0 atom stereocenters. The van der Waals surface area contributed by atoms with E-state index in [4.69, 9.17) is 0 Å². The number of imidazole rings is 1. The third kappa shape index (κ3) is 2.83. The number of likely N-dealkylation sites (tertiary alicyclic amines) is 1. The number of pyridine rings is 1. The van der Waals surface area contributed by atoms with Gasteiger partial charge in [0.15, 0.2) is 5.69 Å². The van der Waals surface area contributed by atoms with Crippen LogP contribution in [0.3, 0.4) is 0 Å². The number of rotatable bonds is 2. The van der Waals surface area contributed by atoms with Crippen LogP contribution in [-0.4, -0.2) is 61.0 Å². The summed E-state index contributed by atoms with van der Waals surface area (Å²) < 4.78 is 25.5. The van der Waals surface area contributed by atoms with E-state index in [9.17, 15) is 13.2 Å². The van der Waals surface area contributed by atoms with E-state index >= 15 is 0 Å². The van der Waals surface area contributed by atoms with Crippen LogP contribution in [0.25, 0.3) is 5.52 Å². The standard InChI is InChI=1S/C17H22N4O3S/c1-25(23,24)16-19-14(13-4-2-3-9-21(13)16)15(22)20-10-6-17(7-11-20)5-8-18-12-17/h2-4,9,18H,5-8,10-12H2,1H3. The van der Waals surface area contributed by atoms with Gasteiger partial charge in [-0.1, -0.05) is 6.07 Å². The zero-order valence-electron chi connectivity index (χ0n) is 14.2. The summed E-state index contributed by atoms with van der Waals surface area (Å²) in [7, 11) is -3.52. The minimum Gasteiger partial charge on any atom is -0.337 e. The van der Waals surface area contributed by atoms with Gasteiger partial charge in [-0.3, -0.25) is 9.20 Å². The molecule has 2 aliphatic heterocycles. The molecule has 25 heavy (non-hydrogen) atoms. The second-order valence-corrected chi connectivity index (χ2v) is 9.10. The third-order valence-electron chi connectivity index (χ3n) is 5.49. The van der Waals surface area contributed by atoms with Crippen LogP contribution in [0.1, 0.15) is 29.8 Å². The zero-order chi connectivity index (χ0) is 17.7. The largest absolute Gasteiger partial charge is 0.337 e. The molecule has 0 unspecified atom stereocenters. The Hall–Kier alpha value is -1.93. The van der Waals surface area contributed by atoms with E-state index in [1.54, 1.807) is 24.4 Å². The van der Waals surface area contributed by atoms with Crippen molar-refractivity contribution in [2.45, 2.75) is 24.4 Å². The van der Waals surface area contributed by atoms with Crippen LogP contribution in [0.4, 0.5) is 0 Å². The molecule has 1 N–H and O–H groups in total. The molecule has 0 bridgehead atoms. The molecule has 2 aliphatic rings. The zero-order valence-corrected chi connectivity index (χ0v) is 15.1. The number of nitrogens with zero attached hydrogens (tertiary/aromatic N) is 3. The predicted octanol–water partition coefficient (Wildman–Crippen LogP) is 0.953. The number of carbonyl (C=O) groups excluding carboxylic acids is 1. The summed E-state index contributed by atoms with van der Waals surface area (Å²) in [5.41, 5.74) is 1.09. The van der Waals surface area contributed by atoms with Gasteiger partial charge in [0, 0.05) is 32.1 Å². The molecule has 2 fully saturated rings. The lowest BCUT2D eigenvalue weighted by atomic mass is 9.78. The Balaban J connectivity index is 1.65. The summed E-state index contributed by atoms with van der Waals surface area (Å²) in [5, 5.41) is 3.33. The lowest BCUT2D eigenvalue weighted by Crippen LogP contribution is -2.44. The van der Waals surface area contributed by atoms with Gasteiger partial charge >= 0.3 is 0 Å². The van der Waals surface area contributed by atoms with Crippen LogP contribution in [0.2, 0.25) is 0 Å². The fourth-order valence-corrected chi connectivity index (χ4v) is 4.76. The fourth-order valence-electron chi connectivity index (χ4n) is 3.98. The molecule has 2 saturated heterocycles. The van der Waals surface area contributed by atoms with Crippen molar-refractivity contribution in [2.75, 3.05) is 32.4 Å². The maximum Gasteiger partial charge on any atom is 0.274 e. The minimum absolute atomic E-state index is 0.0834.